The van der Waals surface area contributed by atoms with Crippen LogP contribution in [0, 0.1) is 0 Å². The molecule has 88 valence electrons. The third-order valence-corrected chi connectivity index (χ3v) is 1.50. The summed E-state index contributed by atoms with van der Waals surface area (Å²) < 4.78 is 5.04. The lowest BCUT2D eigenvalue weighted by Crippen LogP contribution is -2.41. The quantitative estimate of drug-likeness (QED) is 0.419. The number of rotatable bonds is 5. The maximum absolute atomic E-state index is 11.1. The van der Waals surface area contributed by atoms with Crippen molar-refractivity contribution >= 4 is 6.09 Å². The summed E-state index contributed by atoms with van der Waals surface area (Å²) in [5, 5.41) is 0. The highest BCUT2D eigenvalue weighted by Gasteiger charge is 2.15. The Bertz CT molecular complexity index is 207. The number of carbonyl (C=O) groups excluding carboxylic acids is 1. The molecule has 0 spiro atoms. The lowest BCUT2D eigenvalue weighted by atomic mass is 10.2. The number of nitrogens with one attached hydrogen (secondary N) is 2. The first-order valence-corrected chi connectivity index (χ1v) is 5.28. The standard InChI is InChI=1S/C11H22N2O2/c1-5-6-7-8-9-12-13-10(14)15-11(2,3)4/h5-6,12H,7-9H2,1-4H3,(H,13,14)/b6-5+. The van der Waals surface area contributed by atoms with Crippen molar-refractivity contribution in [3.63, 3.8) is 0 Å². The SMILES string of the molecule is C/C=C/CCCNNC(=O)OC(C)(C)C. The Morgan fingerprint density at radius 2 is 2.07 bits per heavy atom. The fraction of sp³-hybridized carbons (Fsp3) is 0.727. The number of unbranched alkanes of at least 4 members (excludes halogenated alkanes) is 1. The molecule has 0 aromatic carbocycles. The van der Waals surface area contributed by atoms with Crippen molar-refractivity contribution in [2.75, 3.05) is 6.54 Å². The zero-order valence-corrected chi connectivity index (χ0v) is 10.1. The zero-order chi connectivity index (χ0) is 11.7. The van der Waals surface area contributed by atoms with Crippen LogP contribution in [0.15, 0.2) is 12.2 Å². The second-order valence-electron chi connectivity index (χ2n) is 4.26. The number of ether oxygens (including phenoxy) is 1. The Labute approximate surface area is 92.0 Å². The van der Waals surface area contributed by atoms with Gasteiger partial charge in [-0.2, -0.15) is 0 Å². The van der Waals surface area contributed by atoms with Gasteiger partial charge >= 0.3 is 6.09 Å². The molecule has 0 saturated carbocycles. The van der Waals surface area contributed by atoms with Crippen LogP contribution in [0.2, 0.25) is 0 Å². The minimum absolute atomic E-state index is 0.437. The molecule has 0 atom stereocenters. The summed E-state index contributed by atoms with van der Waals surface area (Å²) in [5.41, 5.74) is 4.84. The van der Waals surface area contributed by atoms with Gasteiger partial charge in [0, 0.05) is 6.54 Å². The van der Waals surface area contributed by atoms with E-state index in [1.54, 1.807) is 0 Å². The van der Waals surface area contributed by atoms with Crippen molar-refractivity contribution in [1.29, 1.82) is 0 Å². The van der Waals surface area contributed by atoms with Crippen molar-refractivity contribution in [2.45, 2.75) is 46.1 Å². The van der Waals surface area contributed by atoms with E-state index in [4.69, 9.17) is 4.74 Å². The van der Waals surface area contributed by atoms with Crippen LogP contribution in [0.1, 0.15) is 40.5 Å². The van der Waals surface area contributed by atoms with Crippen LogP contribution >= 0.6 is 0 Å². The summed E-state index contributed by atoms with van der Waals surface area (Å²) >= 11 is 0. The van der Waals surface area contributed by atoms with E-state index in [-0.39, 0.29) is 0 Å². The topological polar surface area (TPSA) is 50.4 Å². The minimum Gasteiger partial charge on any atom is -0.443 e. The van der Waals surface area contributed by atoms with Crippen LogP contribution in [0.4, 0.5) is 4.79 Å². The fourth-order valence-corrected chi connectivity index (χ4v) is 0.913. The fourth-order valence-electron chi connectivity index (χ4n) is 0.913. The number of carbonyl (C=O) groups is 1. The Balaban J connectivity index is 3.40. The first-order chi connectivity index (χ1) is 6.95. The molecule has 0 unspecified atom stereocenters. The Morgan fingerprint density at radius 1 is 1.40 bits per heavy atom. The molecule has 2 N–H and O–H groups in total. The van der Waals surface area contributed by atoms with E-state index in [2.05, 4.69) is 16.9 Å². The van der Waals surface area contributed by atoms with Crippen molar-refractivity contribution in [3.05, 3.63) is 12.2 Å². The molecule has 4 nitrogen and oxygen atoms in total. The number of allylic oxidation sites excluding steroid dienone is 2. The summed E-state index contributed by atoms with van der Waals surface area (Å²) in [7, 11) is 0. The Morgan fingerprint density at radius 3 is 2.60 bits per heavy atom. The third kappa shape index (κ3) is 10.9. The van der Waals surface area contributed by atoms with Gasteiger partial charge < -0.3 is 4.74 Å². The number of hydrogen-bond donors (Lipinski definition) is 2. The largest absolute Gasteiger partial charge is 0.443 e. The van der Waals surface area contributed by atoms with E-state index in [0.29, 0.717) is 0 Å². The summed E-state index contributed by atoms with van der Waals surface area (Å²) in [6.07, 6.45) is 5.67. The van der Waals surface area contributed by atoms with E-state index in [1.165, 1.54) is 0 Å². The van der Waals surface area contributed by atoms with Gasteiger partial charge in [0.05, 0.1) is 0 Å². The Hall–Kier alpha value is -1.03. The highest BCUT2D eigenvalue weighted by molar-refractivity contribution is 5.66. The maximum atomic E-state index is 11.1. The van der Waals surface area contributed by atoms with E-state index in [9.17, 15) is 4.79 Å². The van der Waals surface area contributed by atoms with Gasteiger partial charge in [0.2, 0.25) is 0 Å². The molecule has 0 rings (SSSR count). The molecule has 0 aliphatic carbocycles. The number of hydrazine groups is 1. The summed E-state index contributed by atoms with van der Waals surface area (Å²) in [6.45, 7) is 8.23. The second-order valence-corrected chi connectivity index (χ2v) is 4.26. The molecule has 0 bridgehead atoms. The van der Waals surface area contributed by atoms with Crippen LogP contribution < -0.4 is 10.9 Å². The van der Waals surface area contributed by atoms with Crippen molar-refractivity contribution in [1.82, 2.24) is 10.9 Å². The van der Waals surface area contributed by atoms with Gasteiger partial charge in [-0.3, -0.25) is 5.43 Å². The van der Waals surface area contributed by atoms with E-state index < -0.39 is 11.7 Å². The van der Waals surface area contributed by atoms with Gasteiger partial charge in [0.25, 0.3) is 0 Å². The third-order valence-electron chi connectivity index (χ3n) is 1.50. The smallest absolute Gasteiger partial charge is 0.422 e. The number of amides is 1. The average Bonchev–Trinajstić information content (AvgIpc) is 2.08. The van der Waals surface area contributed by atoms with Crippen LogP contribution in [0.5, 0.6) is 0 Å². The molecule has 0 saturated heterocycles. The molecule has 0 fully saturated rings. The van der Waals surface area contributed by atoms with E-state index >= 15 is 0 Å². The molecular weight excluding hydrogens is 192 g/mol. The summed E-state index contributed by atoms with van der Waals surface area (Å²) in [6, 6.07) is 0. The minimum atomic E-state index is -0.448. The molecular formula is C11H22N2O2. The van der Waals surface area contributed by atoms with Gasteiger partial charge in [-0.1, -0.05) is 12.2 Å². The van der Waals surface area contributed by atoms with Gasteiger partial charge in [-0.25, -0.2) is 10.2 Å². The van der Waals surface area contributed by atoms with Crippen molar-refractivity contribution in [3.8, 4) is 0 Å². The van der Waals surface area contributed by atoms with E-state index in [0.717, 1.165) is 19.4 Å². The summed E-state index contributed by atoms with van der Waals surface area (Å²) in [4.78, 5) is 11.1. The molecule has 0 aromatic heterocycles. The van der Waals surface area contributed by atoms with Crippen LogP contribution in [-0.2, 0) is 4.74 Å². The predicted molar refractivity (Wildman–Crippen MR) is 61.4 cm³/mol. The molecule has 0 heterocycles. The molecule has 15 heavy (non-hydrogen) atoms. The Kier molecular flexibility index (Phi) is 6.79. The highest BCUT2D eigenvalue weighted by atomic mass is 16.6. The van der Waals surface area contributed by atoms with Gasteiger partial charge in [-0.05, 0) is 40.5 Å². The first kappa shape index (κ1) is 14.0. The second kappa shape index (κ2) is 7.29. The van der Waals surface area contributed by atoms with Gasteiger partial charge in [-0.15, -0.1) is 0 Å². The molecule has 0 radical (unpaired) electrons. The molecule has 1 amide bonds. The highest BCUT2D eigenvalue weighted by Crippen LogP contribution is 2.05. The normalized spacial score (nSPS) is 11.7. The molecule has 0 aromatic rings. The average molecular weight is 214 g/mol. The van der Waals surface area contributed by atoms with Crippen molar-refractivity contribution in [2.24, 2.45) is 0 Å². The molecule has 4 heteroatoms. The van der Waals surface area contributed by atoms with Crippen molar-refractivity contribution < 1.29 is 9.53 Å². The number of hydrogen-bond acceptors (Lipinski definition) is 3. The monoisotopic (exact) mass is 214 g/mol. The lowest BCUT2D eigenvalue weighted by molar-refractivity contribution is 0.0498. The molecule has 0 aliphatic rings. The summed E-state index contributed by atoms with van der Waals surface area (Å²) in [5.74, 6) is 0. The predicted octanol–water partition coefficient (Wildman–Crippen LogP) is 2.37. The lowest BCUT2D eigenvalue weighted by Gasteiger charge is -2.19. The first-order valence-electron chi connectivity index (χ1n) is 5.28. The molecule has 0 aliphatic heterocycles. The van der Waals surface area contributed by atoms with E-state index in [1.807, 2.05) is 33.8 Å². The zero-order valence-electron chi connectivity index (χ0n) is 10.1. The van der Waals surface area contributed by atoms with Gasteiger partial charge in [0.1, 0.15) is 5.60 Å². The van der Waals surface area contributed by atoms with Crippen LogP contribution in [0.3, 0.4) is 0 Å². The van der Waals surface area contributed by atoms with Crippen LogP contribution in [0.25, 0.3) is 0 Å². The van der Waals surface area contributed by atoms with Crippen LogP contribution in [-0.4, -0.2) is 18.2 Å². The maximum Gasteiger partial charge on any atom is 0.422 e. The van der Waals surface area contributed by atoms with Gasteiger partial charge in [0.15, 0.2) is 0 Å².